The van der Waals surface area contributed by atoms with E-state index in [0.29, 0.717) is 26.2 Å². The zero-order chi connectivity index (χ0) is 17.2. The van der Waals surface area contributed by atoms with E-state index in [1.165, 1.54) is 0 Å². The Morgan fingerprint density at radius 3 is 2.29 bits per heavy atom. The van der Waals surface area contributed by atoms with Gasteiger partial charge >= 0.3 is 0 Å². The van der Waals surface area contributed by atoms with Crippen molar-refractivity contribution in [1.29, 1.82) is 0 Å². The summed E-state index contributed by atoms with van der Waals surface area (Å²) in [5, 5.41) is 4.20. The van der Waals surface area contributed by atoms with E-state index in [9.17, 15) is 8.42 Å². The molecular weight excluding hydrogens is 330 g/mol. The normalized spacial score (nSPS) is 28.2. The van der Waals surface area contributed by atoms with Crippen molar-refractivity contribution in [3.05, 3.63) is 18.5 Å². The highest BCUT2D eigenvalue weighted by molar-refractivity contribution is 7.86. The average Bonchev–Trinajstić information content (AvgIpc) is 3.06. The molecule has 0 aliphatic carbocycles. The van der Waals surface area contributed by atoms with Gasteiger partial charge in [-0.3, -0.25) is 9.58 Å². The third kappa shape index (κ3) is 4.15. The molecule has 0 N–H and O–H groups in total. The van der Waals surface area contributed by atoms with E-state index in [2.05, 4.69) is 10.00 Å². The third-order valence-electron chi connectivity index (χ3n) is 4.57. The molecule has 8 nitrogen and oxygen atoms in total. The molecule has 3 heterocycles. The Balaban J connectivity index is 1.51. The van der Waals surface area contributed by atoms with Gasteiger partial charge in [-0.15, -0.1) is 0 Å². The van der Waals surface area contributed by atoms with E-state index >= 15 is 0 Å². The van der Waals surface area contributed by atoms with Crippen LogP contribution in [0.2, 0.25) is 0 Å². The fourth-order valence-corrected chi connectivity index (χ4v) is 5.09. The largest absolute Gasteiger partial charge is 0.373 e. The first-order valence-corrected chi connectivity index (χ1v) is 9.95. The zero-order valence-electron chi connectivity index (χ0n) is 14.4. The topological polar surface area (TPSA) is 70.9 Å². The molecule has 2 unspecified atom stereocenters. The number of hydrogen-bond acceptors (Lipinski definition) is 5. The Hall–Kier alpha value is -1.00. The number of ether oxygens (including phenoxy) is 1. The summed E-state index contributed by atoms with van der Waals surface area (Å²) in [5.74, 6) is 0. The molecule has 1 aromatic heterocycles. The molecule has 9 heteroatoms. The van der Waals surface area contributed by atoms with Gasteiger partial charge in [0.1, 0.15) is 0 Å². The lowest BCUT2D eigenvalue weighted by molar-refractivity contribution is -0.0457. The predicted molar refractivity (Wildman–Crippen MR) is 90.7 cm³/mol. The molecule has 0 saturated carbocycles. The van der Waals surface area contributed by atoms with Crippen molar-refractivity contribution in [2.75, 3.05) is 45.8 Å². The van der Waals surface area contributed by atoms with Crippen LogP contribution in [0.25, 0.3) is 0 Å². The molecule has 1 aromatic rings. The SMILES string of the molecule is CC1CN(S(=O)(=O)N2CCN(CCn3cccn3)CC2)CC(C)O1. The number of rotatable bonds is 5. The number of morpholine rings is 1. The molecule has 136 valence electrons. The molecule has 0 radical (unpaired) electrons. The third-order valence-corrected chi connectivity index (χ3v) is 6.54. The highest BCUT2D eigenvalue weighted by Gasteiger charge is 2.36. The molecule has 2 aliphatic heterocycles. The van der Waals surface area contributed by atoms with Crippen molar-refractivity contribution in [2.24, 2.45) is 0 Å². The Morgan fingerprint density at radius 1 is 1.04 bits per heavy atom. The number of piperazine rings is 1. The molecule has 0 bridgehead atoms. The second kappa shape index (κ2) is 7.49. The van der Waals surface area contributed by atoms with E-state index < -0.39 is 10.2 Å². The minimum absolute atomic E-state index is 0.0566. The maximum Gasteiger partial charge on any atom is 0.282 e. The maximum absolute atomic E-state index is 12.8. The summed E-state index contributed by atoms with van der Waals surface area (Å²) < 4.78 is 36.4. The van der Waals surface area contributed by atoms with E-state index in [-0.39, 0.29) is 12.2 Å². The molecule has 2 atom stereocenters. The first kappa shape index (κ1) is 17.8. The van der Waals surface area contributed by atoms with Crippen LogP contribution in [0.3, 0.4) is 0 Å². The second-order valence-corrected chi connectivity index (χ2v) is 8.52. The standard InChI is InChI=1S/C15H27N5O3S/c1-14-12-20(13-15(2)23-14)24(21,22)19-10-7-17(8-11-19)6-9-18-5-3-4-16-18/h3-5,14-15H,6-13H2,1-2H3. The first-order chi connectivity index (χ1) is 11.4. The number of aromatic nitrogens is 2. The number of nitrogens with zero attached hydrogens (tertiary/aromatic N) is 5. The number of hydrogen-bond donors (Lipinski definition) is 0. The average molecular weight is 357 g/mol. The summed E-state index contributed by atoms with van der Waals surface area (Å²) in [6.07, 6.45) is 3.61. The smallest absolute Gasteiger partial charge is 0.282 e. The fraction of sp³-hybridized carbons (Fsp3) is 0.800. The van der Waals surface area contributed by atoms with Crippen LogP contribution in [-0.4, -0.2) is 89.7 Å². The summed E-state index contributed by atoms with van der Waals surface area (Å²) in [5.41, 5.74) is 0. The Labute approximate surface area is 144 Å². The van der Waals surface area contributed by atoms with Gasteiger partial charge in [0, 0.05) is 58.2 Å². The molecule has 24 heavy (non-hydrogen) atoms. The lowest BCUT2D eigenvalue weighted by Crippen LogP contribution is -2.57. The van der Waals surface area contributed by atoms with Crippen LogP contribution < -0.4 is 0 Å². The van der Waals surface area contributed by atoms with Gasteiger partial charge in [0.05, 0.1) is 18.8 Å². The summed E-state index contributed by atoms with van der Waals surface area (Å²) >= 11 is 0. The minimum atomic E-state index is -3.39. The van der Waals surface area contributed by atoms with Crippen LogP contribution in [0.15, 0.2) is 18.5 Å². The summed E-state index contributed by atoms with van der Waals surface area (Å²) in [7, 11) is -3.39. The summed E-state index contributed by atoms with van der Waals surface area (Å²) in [4.78, 5) is 2.29. The van der Waals surface area contributed by atoms with Crippen molar-refractivity contribution in [3.8, 4) is 0 Å². The van der Waals surface area contributed by atoms with E-state index in [1.807, 2.05) is 30.8 Å². The van der Waals surface area contributed by atoms with Gasteiger partial charge < -0.3 is 4.74 Å². The molecule has 0 aromatic carbocycles. The maximum atomic E-state index is 12.8. The highest BCUT2D eigenvalue weighted by Crippen LogP contribution is 2.18. The molecule has 0 spiro atoms. The highest BCUT2D eigenvalue weighted by atomic mass is 32.2. The Bertz CT molecular complexity index is 603. The van der Waals surface area contributed by atoms with Crippen LogP contribution in [0, 0.1) is 0 Å². The predicted octanol–water partition coefficient (Wildman–Crippen LogP) is -0.145. The summed E-state index contributed by atoms with van der Waals surface area (Å²) in [6.45, 7) is 9.05. The van der Waals surface area contributed by atoms with Crippen molar-refractivity contribution in [2.45, 2.75) is 32.6 Å². The zero-order valence-corrected chi connectivity index (χ0v) is 15.2. The van der Waals surface area contributed by atoms with Gasteiger partial charge in [-0.2, -0.15) is 22.1 Å². The minimum Gasteiger partial charge on any atom is -0.373 e. The van der Waals surface area contributed by atoms with E-state index in [0.717, 1.165) is 26.2 Å². The lowest BCUT2D eigenvalue weighted by Gasteiger charge is -2.40. The van der Waals surface area contributed by atoms with Crippen LogP contribution in [0.1, 0.15) is 13.8 Å². The van der Waals surface area contributed by atoms with E-state index in [1.54, 1.807) is 14.8 Å². The lowest BCUT2D eigenvalue weighted by atomic mass is 10.3. The van der Waals surface area contributed by atoms with Crippen molar-refractivity contribution >= 4 is 10.2 Å². The van der Waals surface area contributed by atoms with Crippen molar-refractivity contribution in [3.63, 3.8) is 0 Å². The monoisotopic (exact) mass is 357 g/mol. The van der Waals surface area contributed by atoms with Gasteiger partial charge in [-0.1, -0.05) is 0 Å². The Morgan fingerprint density at radius 2 is 1.71 bits per heavy atom. The van der Waals surface area contributed by atoms with Gasteiger partial charge in [-0.05, 0) is 19.9 Å². The van der Waals surface area contributed by atoms with E-state index in [4.69, 9.17) is 4.74 Å². The van der Waals surface area contributed by atoms with Gasteiger partial charge in [0.25, 0.3) is 10.2 Å². The first-order valence-electron chi connectivity index (χ1n) is 8.55. The molecule has 2 saturated heterocycles. The van der Waals surface area contributed by atoms with Gasteiger partial charge in [0.15, 0.2) is 0 Å². The molecule has 3 rings (SSSR count). The van der Waals surface area contributed by atoms with Crippen molar-refractivity contribution < 1.29 is 13.2 Å². The Kier molecular flexibility index (Phi) is 5.56. The van der Waals surface area contributed by atoms with Crippen molar-refractivity contribution in [1.82, 2.24) is 23.3 Å². The van der Waals surface area contributed by atoms with Crippen LogP contribution in [-0.2, 0) is 21.5 Å². The van der Waals surface area contributed by atoms with Crippen LogP contribution in [0.5, 0.6) is 0 Å². The van der Waals surface area contributed by atoms with Gasteiger partial charge in [0.2, 0.25) is 0 Å². The second-order valence-electron chi connectivity index (χ2n) is 6.59. The summed E-state index contributed by atoms with van der Waals surface area (Å²) in [6, 6.07) is 1.91. The van der Waals surface area contributed by atoms with Crippen LogP contribution in [0.4, 0.5) is 0 Å². The van der Waals surface area contributed by atoms with Gasteiger partial charge in [-0.25, -0.2) is 0 Å². The fourth-order valence-electron chi connectivity index (χ4n) is 3.34. The molecule has 0 amide bonds. The molecular formula is C15H27N5O3S. The molecule has 2 fully saturated rings. The van der Waals surface area contributed by atoms with Crippen LogP contribution >= 0.6 is 0 Å². The quantitative estimate of drug-likeness (QED) is 0.733. The molecule has 2 aliphatic rings.